The number of hydrogen-bond acceptors (Lipinski definition) is 5. The Morgan fingerprint density at radius 3 is 2.48 bits per heavy atom. The summed E-state index contributed by atoms with van der Waals surface area (Å²) >= 11 is 0. The first-order valence-corrected chi connectivity index (χ1v) is 11.0. The van der Waals surface area contributed by atoms with E-state index >= 15 is 0 Å². The topological polar surface area (TPSA) is 113 Å². The smallest absolute Gasteiger partial charge is 0.324 e. The molecule has 2 aromatic carbocycles. The van der Waals surface area contributed by atoms with E-state index in [1.165, 1.54) is 4.68 Å². The monoisotopic (exact) mass is 447 g/mol. The van der Waals surface area contributed by atoms with Gasteiger partial charge >= 0.3 is 6.03 Å². The Morgan fingerprint density at radius 2 is 1.76 bits per heavy atom. The van der Waals surface area contributed by atoms with Gasteiger partial charge in [0.1, 0.15) is 0 Å². The number of fused-ring (bicyclic) bond motifs is 1. The van der Waals surface area contributed by atoms with E-state index in [2.05, 4.69) is 22.7 Å². The van der Waals surface area contributed by atoms with Crippen LogP contribution in [-0.4, -0.2) is 39.1 Å². The standard InChI is InChI=1S/C24H25N5O4/c1-2-3-8-13-29-23(32)18-11-6-5-10-17(18)21(27-29)22(31)26-19-12-7-4-9-16(19)15-28-20(30)14-25-24(28)33/h4-7,9-12H,2-3,8,13-15H2,1H3,(H,25,33)(H,26,31). The maximum Gasteiger partial charge on any atom is 0.324 e. The number of imide groups is 1. The Bertz CT molecular complexity index is 1270. The second-order valence-electron chi connectivity index (χ2n) is 7.88. The second-order valence-corrected chi connectivity index (χ2v) is 7.88. The molecule has 9 nitrogen and oxygen atoms in total. The van der Waals surface area contributed by atoms with E-state index in [0.29, 0.717) is 28.6 Å². The van der Waals surface area contributed by atoms with Crippen LogP contribution < -0.4 is 16.2 Å². The van der Waals surface area contributed by atoms with Crippen LogP contribution in [0.5, 0.6) is 0 Å². The number of benzene rings is 2. The zero-order valence-corrected chi connectivity index (χ0v) is 18.3. The lowest BCUT2D eigenvalue weighted by Gasteiger charge is -2.16. The number of nitrogens with zero attached hydrogens (tertiary/aromatic N) is 3. The van der Waals surface area contributed by atoms with E-state index in [9.17, 15) is 19.2 Å². The zero-order valence-electron chi connectivity index (χ0n) is 18.3. The summed E-state index contributed by atoms with van der Waals surface area (Å²) in [5, 5.41) is 10.6. The SMILES string of the molecule is CCCCCn1nc(C(=O)Nc2ccccc2CN2C(=O)CNC2=O)c2ccccc2c1=O. The van der Waals surface area contributed by atoms with Gasteiger partial charge in [0.15, 0.2) is 5.69 Å². The van der Waals surface area contributed by atoms with Gasteiger partial charge in [0.2, 0.25) is 5.91 Å². The van der Waals surface area contributed by atoms with Gasteiger partial charge in [-0.2, -0.15) is 5.10 Å². The fourth-order valence-corrected chi connectivity index (χ4v) is 3.81. The fourth-order valence-electron chi connectivity index (χ4n) is 3.81. The molecule has 4 rings (SSSR count). The van der Waals surface area contributed by atoms with E-state index in [4.69, 9.17) is 0 Å². The highest BCUT2D eigenvalue weighted by atomic mass is 16.2. The first kappa shape index (κ1) is 22.2. The Hall–Kier alpha value is -4.01. The molecular weight excluding hydrogens is 422 g/mol. The van der Waals surface area contributed by atoms with Crippen molar-refractivity contribution in [2.75, 3.05) is 11.9 Å². The predicted molar refractivity (Wildman–Crippen MR) is 124 cm³/mol. The van der Waals surface area contributed by atoms with Crippen LogP contribution in [0.4, 0.5) is 10.5 Å². The van der Waals surface area contributed by atoms with Gasteiger partial charge < -0.3 is 10.6 Å². The lowest BCUT2D eigenvalue weighted by molar-refractivity contribution is -0.125. The summed E-state index contributed by atoms with van der Waals surface area (Å²) in [6, 6.07) is 13.4. The maximum atomic E-state index is 13.3. The molecule has 2 N–H and O–H groups in total. The summed E-state index contributed by atoms with van der Waals surface area (Å²) in [7, 11) is 0. The van der Waals surface area contributed by atoms with Gasteiger partial charge in [-0.25, -0.2) is 9.48 Å². The minimum atomic E-state index is -0.472. The van der Waals surface area contributed by atoms with Gasteiger partial charge in [0, 0.05) is 17.6 Å². The molecule has 0 aliphatic carbocycles. The van der Waals surface area contributed by atoms with Crippen LogP contribution in [0, 0.1) is 0 Å². The molecule has 1 aliphatic heterocycles. The normalized spacial score (nSPS) is 13.4. The van der Waals surface area contributed by atoms with E-state index in [-0.39, 0.29) is 30.2 Å². The van der Waals surface area contributed by atoms with E-state index in [1.54, 1.807) is 48.5 Å². The highest BCUT2D eigenvalue weighted by molar-refractivity contribution is 6.11. The maximum absolute atomic E-state index is 13.3. The Labute approximate surface area is 190 Å². The number of rotatable bonds is 8. The van der Waals surface area contributed by atoms with Crippen molar-refractivity contribution in [3.05, 3.63) is 70.1 Å². The minimum Gasteiger partial charge on any atom is -0.329 e. The van der Waals surface area contributed by atoms with Crippen LogP contribution in [0.2, 0.25) is 0 Å². The fraction of sp³-hybridized carbons (Fsp3) is 0.292. The number of para-hydroxylation sites is 1. The summed E-state index contributed by atoms with van der Waals surface area (Å²) in [6.45, 7) is 2.50. The molecule has 0 spiro atoms. The molecule has 0 atom stereocenters. The molecule has 170 valence electrons. The third kappa shape index (κ3) is 4.62. The van der Waals surface area contributed by atoms with Crippen LogP contribution in [0.3, 0.4) is 0 Å². The van der Waals surface area contributed by atoms with Crippen LogP contribution in [-0.2, 0) is 17.9 Å². The second kappa shape index (κ2) is 9.64. The van der Waals surface area contributed by atoms with Crippen LogP contribution >= 0.6 is 0 Å². The number of aryl methyl sites for hydroxylation is 1. The van der Waals surface area contributed by atoms with Gasteiger partial charge in [0.05, 0.1) is 18.5 Å². The Kier molecular flexibility index (Phi) is 6.48. The number of urea groups is 1. The van der Waals surface area contributed by atoms with Crippen molar-refractivity contribution in [1.29, 1.82) is 0 Å². The van der Waals surface area contributed by atoms with E-state index in [1.807, 2.05) is 0 Å². The number of carbonyl (C=O) groups excluding carboxylic acids is 3. The molecule has 1 aromatic heterocycles. The largest absolute Gasteiger partial charge is 0.329 e. The molecule has 33 heavy (non-hydrogen) atoms. The Morgan fingerprint density at radius 1 is 1.03 bits per heavy atom. The highest BCUT2D eigenvalue weighted by Gasteiger charge is 2.29. The zero-order chi connectivity index (χ0) is 23.4. The molecule has 9 heteroatoms. The predicted octanol–water partition coefficient (Wildman–Crippen LogP) is 2.89. The first-order chi connectivity index (χ1) is 16.0. The van der Waals surface area contributed by atoms with Crippen LogP contribution in [0.25, 0.3) is 10.8 Å². The van der Waals surface area contributed by atoms with Crippen molar-refractivity contribution in [3.63, 3.8) is 0 Å². The number of carbonyl (C=O) groups is 3. The van der Waals surface area contributed by atoms with E-state index in [0.717, 1.165) is 24.2 Å². The van der Waals surface area contributed by atoms with Gasteiger partial charge in [-0.15, -0.1) is 0 Å². The van der Waals surface area contributed by atoms with Crippen molar-refractivity contribution < 1.29 is 14.4 Å². The first-order valence-electron chi connectivity index (χ1n) is 11.0. The van der Waals surface area contributed by atoms with Crippen molar-refractivity contribution in [1.82, 2.24) is 20.0 Å². The van der Waals surface area contributed by atoms with Crippen LogP contribution in [0.15, 0.2) is 53.3 Å². The Balaban J connectivity index is 1.66. The highest BCUT2D eigenvalue weighted by Crippen LogP contribution is 2.21. The van der Waals surface area contributed by atoms with Crippen molar-refractivity contribution in [2.45, 2.75) is 39.3 Å². The van der Waals surface area contributed by atoms with Crippen molar-refractivity contribution in [3.8, 4) is 0 Å². The quantitative estimate of drug-likeness (QED) is 0.407. The van der Waals surface area contributed by atoms with Gasteiger partial charge in [-0.1, -0.05) is 56.2 Å². The number of aromatic nitrogens is 2. The molecular formula is C24H25N5O4. The third-order valence-electron chi connectivity index (χ3n) is 5.59. The average molecular weight is 447 g/mol. The molecule has 0 bridgehead atoms. The van der Waals surface area contributed by atoms with Gasteiger partial charge in [0.25, 0.3) is 11.5 Å². The molecule has 2 heterocycles. The average Bonchev–Trinajstić information content (AvgIpc) is 3.14. The van der Waals surface area contributed by atoms with Crippen molar-refractivity contribution in [2.24, 2.45) is 0 Å². The molecule has 1 aliphatic rings. The number of unbranched alkanes of at least 4 members (excludes halogenated alkanes) is 2. The molecule has 1 fully saturated rings. The molecule has 1 saturated heterocycles. The summed E-state index contributed by atoms with van der Waals surface area (Å²) in [5.41, 5.74) is 0.991. The molecule has 4 amide bonds. The van der Waals surface area contributed by atoms with Gasteiger partial charge in [-0.3, -0.25) is 19.3 Å². The molecule has 0 saturated carbocycles. The molecule has 0 unspecified atom stereocenters. The number of amides is 4. The number of hydrogen-bond donors (Lipinski definition) is 2. The van der Waals surface area contributed by atoms with Crippen molar-refractivity contribution >= 4 is 34.3 Å². The summed E-state index contributed by atoms with van der Waals surface area (Å²) < 4.78 is 1.35. The summed E-state index contributed by atoms with van der Waals surface area (Å²) in [4.78, 5) is 51.2. The lowest BCUT2D eigenvalue weighted by atomic mass is 10.1. The lowest BCUT2D eigenvalue weighted by Crippen LogP contribution is -2.31. The molecule has 0 radical (unpaired) electrons. The third-order valence-corrected chi connectivity index (χ3v) is 5.59. The summed E-state index contributed by atoms with van der Waals surface area (Å²) in [5.74, 6) is -0.798. The number of nitrogens with one attached hydrogen (secondary N) is 2. The number of anilines is 1. The van der Waals surface area contributed by atoms with E-state index < -0.39 is 11.9 Å². The van der Waals surface area contributed by atoms with Gasteiger partial charge in [-0.05, 0) is 24.1 Å². The van der Waals surface area contributed by atoms with Crippen LogP contribution in [0.1, 0.15) is 42.2 Å². The summed E-state index contributed by atoms with van der Waals surface area (Å²) in [6.07, 6.45) is 2.75. The molecule has 3 aromatic rings. The minimum absolute atomic E-state index is 0.0335.